The van der Waals surface area contributed by atoms with Crippen molar-refractivity contribution in [2.75, 3.05) is 7.11 Å². The molecule has 2 heteroatoms. The molecule has 2 nitrogen and oxygen atoms in total. The third-order valence-corrected chi connectivity index (χ3v) is 3.42. The molecule has 0 N–H and O–H groups in total. The van der Waals surface area contributed by atoms with Crippen molar-refractivity contribution in [3.8, 4) is 11.5 Å². The molecule has 1 aliphatic heterocycles. The van der Waals surface area contributed by atoms with Crippen LogP contribution in [0.3, 0.4) is 0 Å². The third kappa shape index (κ3) is 1.84. The predicted molar refractivity (Wildman–Crippen MR) is 71.2 cm³/mol. The van der Waals surface area contributed by atoms with Crippen LogP contribution in [0.4, 0.5) is 0 Å². The Hall–Kier alpha value is -1.96. The van der Waals surface area contributed by atoms with Gasteiger partial charge in [-0.1, -0.05) is 30.3 Å². The zero-order chi connectivity index (χ0) is 12.5. The number of fused-ring (bicyclic) bond motifs is 1. The Labute approximate surface area is 107 Å². The lowest BCUT2D eigenvalue weighted by Crippen LogP contribution is -2.02. The Bertz CT molecular complexity index is 561. The molecule has 1 heterocycles. The number of aryl methyl sites for hydroxylation is 1. The zero-order valence-electron chi connectivity index (χ0n) is 10.6. The van der Waals surface area contributed by atoms with E-state index in [1.54, 1.807) is 7.11 Å². The molecular formula is C16H16O2. The molecule has 0 radical (unpaired) electrons. The maximum Gasteiger partial charge on any atom is 0.128 e. The van der Waals surface area contributed by atoms with Gasteiger partial charge < -0.3 is 9.47 Å². The van der Waals surface area contributed by atoms with Gasteiger partial charge in [0.05, 0.1) is 7.11 Å². The highest BCUT2D eigenvalue weighted by molar-refractivity contribution is 5.49. The quantitative estimate of drug-likeness (QED) is 0.797. The summed E-state index contributed by atoms with van der Waals surface area (Å²) in [6, 6.07) is 14.5. The van der Waals surface area contributed by atoms with Gasteiger partial charge in [0.1, 0.15) is 17.6 Å². The fraction of sp³-hybridized carbons (Fsp3) is 0.250. The summed E-state index contributed by atoms with van der Waals surface area (Å²) in [5.74, 6) is 1.92. The molecule has 3 rings (SSSR count). The van der Waals surface area contributed by atoms with E-state index in [-0.39, 0.29) is 6.10 Å². The fourth-order valence-electron chi connectivity index (χ4n) is 2.44. The summed E-state index contributed by atoms with van der Waals surface area (Å²) in [6.45, 7) is 2.04. The minimum Gasteiger partial charge on any atom is -0.496 e. The second-order valence-electron chi connectivity index (χ2n) is 4.65. The summed E-state index contributed by atoms with van der Waals surface area (Å²) in [6.07, 6.45) is 1.04. The van der Waals surface area contributed by atoms with Crippen molar-refractivity contribution in [1.82, 2.24) is 0 Å². The molecule has 2 aromatic carbocycles. The number of hydrogen-bond donors (Lipinski definition) is 0. The molecule has 0 aromatic heterocycles. The summed E-state index contributed by atoms with van der Waals surface area (Å²) in [5, 5.41) is 0. The molecule has 1 atom stereocenters. The van der Waals surface area contributed by atoms with Gasteiger partial charge in [-0.3, -0.25) is 0 Å². The van der Waals surface area contributed by atoms with Crippen LogP contribution in [-0.4, -0.2) is 7.11 Å². The van der Waals surface area contributed by atoms with Crippen LogP contribution in [0.25, 0.3) is 0 Å². The van der Waals surface area contributed by atoms with Crippen LogP contribution in [0.15, 0.2) is 42.5 Å². The first-order valence-corrected chi connectivity index (χ1v) is 6.17. The van der Waals surface area contributed by atoms with Crippen LogP contribution in [-0.2, 0) is 6.42 Å². The standard InChI is InChI=1S/C16H16O2/c1-11-8-15-13(9-14(11)17-2)10-16(18-15)12-6-4-3-5-7-12/h3-9,16H,10H2,1-2H3. The topological polar surface area (TPSA) is 18.5 Å². The maximum absolute atomic E-state index is 6.02. The smallest absolute Gasteiger partial charge is 0.128 e. The number of methoxy groups -OCH3 is 1. The Morgan fingerprint density at radius 3 is 2.67 bits per heavy atom. The molecule has 1 aliphatic rings. The number of ether oxygens (including phenoxy) is 2. The van der Waals surface area contributed by atoms with Gasteiger partial charge >= 0.3 is 0 Å². The molecule has 1 unspecified atom stereocenters. The highest BCUT2D eigenvalue weighted by Gasteiger charge is 2.25. The Morgan fingerprint density at radius 2 is 1.94 bits per heavy atom. The summed E-state index contributed by atoms with van der Waals surface area (Å²) in [4.78, 5) is 0. The summed E-state index contributed by atoms with van der Waals surface area (Å²) < 4.78 is 11.4. The molecule has 0 amide bonds. The van der Waals surface area contributed by atoms with Gasteiger partial charge in [0, 0.05) is 12.0 Å². The maximum atomic E-state index is 6.02. The lowest BCUT2D eigenvalue weighted by molar-refractivity contribution is 0.238. The Balaban J connectivity index is 1.92. The van der Waals surface area contributed by atoms with Gasteiger partial charge in [0.15, 0.2) is 0 Å². The van der Waals surface area contributed by atoms with Gasteiger partial charge in [-0.2, -0.15) is 0 Å². The number of benzene rings is 2. The molecule has 0 spiro atoms. The largest absolute Gasteiger partial charge is 0.496 e. The summed E-state index contributed by atoms with van der Waals surface area (Å²) in [5.41, 5.74) is 3.57. The molecule has 2 aromatic rings. The van der Waals surface area contributed by atoms with E-state index in [9.17, 15) is 0 Å². The lowest BCUT2D eigenvalue weighted by Gasteiger charge is -2.10. The van der Waals surface area contributed by atoms with Crippen molar-refractivity contribution >= 4 is 0 Å². The van der Waals surface area contributed by atoms with E-state index in [1.165, 1.54) is 11.1 Å². The number of rotatable bonds is 2. The molecule has 92 valence electrons. The van der Waals surface area contributed by atoms with Gasteiger partial charge in [-0.05, 0) is 30.2 Å². The first-order chi connectivity index (χ1) is 8.78. The third-order valence-electron chi connectivity index (χ3n) is 3.42. The average molecular weight is 240 g/mol. The van der Waals surface area contributed by atoms with Crippen molar-refractivity contribution in [2.45, 2.75) is 19.4 Å². The van der Waals surface area contributed by atoms with Crippen LogP contribution in [0.1, 0.15) is 22.8 Å². The van der Waals surface area contributed by atoms with Gasteiger partial charge in [-0.15, -0.1) is 0 Å². The van der Waals surface area contributed by atoms with Crippen molar-refractivity contribution in [1.29, 1.82) is 0 Å². The zero-order valence-corrected chi connectivity index (χ0v) is 10.6. The van der Waals surface area contributed by atoms with E-state index in [0.717, 1.165) is 23.5 Å². The first kappa shape index (κ1) is 11.1. The van der Waals surface area contributed by atoms with Crippen molar-refractivity contribution in [2.24, 2.45) is 0 Å². The van der Waals surface area contributed by atoms with Gasteiger partial charge in [0.25, 0.3) is 0 Å². The van der Waals surface area contributed by atoms with Crippen molar-refractivity contribution in [3.63, 3.8) is 0 Å². The highest BCUT2D eigenvalue weighted by Crippen LogP contribution is 2.39. The summed E-state index contributed by atoms with van der Waals surface area (Å²) in [7, 11) is 1.71. The Morgan fingerprint density at radius 1 is 1.17 bits per heavy atom. The van der Waals surface area contributed by atoms with E-state index in [4.69, 9.17) is 9.47 Å². The molecular weight excluding hydrogens is 224 g/mol. The van der Waals surface area contributed by atoms with Gasteiger partial charge in [0.2, 0.25) is 0 Å². The molecule has 0 saturated heterocycles. The van der Waals surface area contributed by atoms with Crippen LogP contribution in [0.5, 0.6) is 11.5 Å². The predicted octanol–water partition coefficient (Wildman–Crippen LogP) is 3.68. The van der Waals surface area contributed by atoms with E-state index in [2.05, 4.69) is 24.3 Å². The minimum absolute atomic E-state index is 0.132. The van der Waals surface area contributed by atoms with Crippen molar-refractivity contribution < 1.29 is 9.47 Å². The van der Waals surface area contributed by atoms with E-state index in [1.807, 2.05) is 25.1 Å². The molecule has 18 heavy (non-hydrogen) atoms. The second-order valence-corrected chi connectivity index (χ2v) is 4.65. The van der Waals surface area contributed by atoms with Crippen LogP contribution in [0.2, 0.25) is 0 Å². The van der Waals surface area contributed by atoms with E-state index < -0.39 is 0 Å². The second kappa shape index (κ2) is 4.37. The van der Waals surface area contributed by atoms with Gasteiger partial charge in [-0.25, -0.2) is 0 Å². The monoisotopic (exact) mass is 240 g/mol. The normalized spacial score (nSPS) is 17.1. The SMILES string of the molecule is COc1cc2c(cc1C)OC(c1ccccc1)C2. The first-order valence-electron chi connectivity index (χ1n) is 6.17. The minimum atomic E-state index is 0.132. The van der Waals surface area contributed by atoms with E-state index >= 15 is 0 Å². The Kier molecular flexibility index (Phi) is 2.71. The number of hydrogen-bond acceptors (Lipinski definition) is 2. The lowest BCUT2D eigenvalue weighted by atomic mass is 10.0. The average Bonchev–Trinajstić information content (AvgIpc) is 2.81. The summed E-state index contributed by atoms with van der Waals surface area (Å²) >= 11 is 0. The molecule has 0 saturated carbocycles. The van der Waals surface area contributed by atoms with Crippen LogP contribution in [0, 0.1) is 6.92 Å². The van der Waals surface area contributed by atoms with Crippen LogP contribution < -0.4 is 9.47 Å². The molecule has 0 bridgehead atoms. The molecule has 0 aliphatic carbocycles. The highest BCUT2D eigenvalue weighted by atomic mass is 16.5. The fourth-order valence-corrected chi connectivity index (χ4v) is 2.44. The molecule has 0 fully saturated rings. The van der Waals surface area contributed by atoms with Crippen LogP contribution >= 0.6 is 0 Å². The van der Waals surface area contributed by atoms with E-state index in [0.29, 0.717) is 0 Å². The van der Waals surface area contributed by atoms with Crippen molar-refractivity contribution in [3.05, 3.63) is 59.2 Å².